The van der Waals surface area contributed by atoms with E-state index in [4.69, 9.17) is 37.0 Å². The average Bonchev–Trinajstić information content (AvgIpc) is 0.896. The van der Waals surface area contributed by atoms with Crippen molar-refractivity contribution in [2.45, 2.75) is 329 Å². The van der Waals surface area contributed by atoms with Gasteiger partial charge in [0.15, 0.2) is 12.2 Å². The van der Waals surface area contributed by atoms with E-state index in [2.05, 4.69) is 198 Å². The van der Waals surface area contributed by atoms with Crippen LogP contribution in [0.4, 0.5) is 0 Å². The predicted octanol–water partition coefficient (Wildman–Crippen LogP) is 24.6. The normalized spacial score (nSPS) is 14.7. The van der Waals surface area contributed by atoms with Gasteiger partial charge in [-0.3, -0.25) is 37.3 Å². The van der Waals surface area contributed by atoms with Crippen molar-refractivity contribution < 1.29 is 80.2 Å². The van der Waals surface area contributed by atoms with Crippen LogP contribution in [0.15, 0.2) is 170 Å². The van der Waals surface area contributed by atoms with Crippen LogP contribution >= 0.6 is 15.6 Å². The van der Waals surface area contributed by atoms with Gasteiger partial charge >= 0.3 is 39.5 Å². The Balaban J connectivity index is 5.46. The summed E-state index contributed by atoms with van der Waals surface area (Å²) in [4.78, 5) is 73.2. The molecule has 0 fully saturated rings. The number of phosphoric ester groups is 2. The van der Waals surface area contributed by atoms with Crippen LogP contribution in [-0.2, 0) is 65.4 Å². The predicted molar refractivity (Wildman–Crippen MR) is 445 cm³/mol. The van der Waals surface area contributed by atoms with E-state index in [1.165, 1.54) is 19.3 Å². The van der Waals surface area contributed by atoms with E-state index in [9.17, 15) is 43.2 Å². The molecule has 0 aromatic heterocycles. The van der Waals surface area contributed by atoms with E-state index in [-0.39, 0.29) is 25.7 Å². The molecule has 108 heavy (non-hydrogen) atoms. The Morgan fingerprint density at radius 1 is 0.269 bits per heavy atom. The summed E-state index contributed by atoms with van der Waals surface area (Å²) in [6.45, 7) is 4.41. The maximum Gasteiger partial charge on any atom is 0.472 e. The first kappa shape index (κ1) is 102. The Morgan fingerprint density at radius 3 is 0.759 bits per heavy atom. The van der Waals surface area contributed by atoms with Crippen LogP contribution in [0.3, 0.4) is 0 Å². The van der Waals surface area contributed by atoms with Crippen LogP contribution in [-0.4, -0.2) is 96.7 Å². The van der Waals surface area contributed by atoms with Gasteiger partial charge in [-0.15, -0.1) is 0 Å². The molecule has 17 nitrogen and oxygen atoms in total. The number of rotatable bonds is 76. The quantitative estimate of drug-likeness (QED) is 0.0169. The van der Waals surface area contributed by atoms with Gasteiger partial charge in [-0.1, -0.05) is 281 Å². The second-order valence-corrected chi connectivity index (χ2v) is 29.8. The van der Waals surface area contributed by atoms with E-state index in [1.807, 2.05) is 0 Å². The van der Waals surface area contributed by atoms with Gasteiger partial charge in [0.1, 0.15) is 19.3 Å². The first-order valence-corrected chi connectivity index (χ1v) is 44.4. The Morgan fingerprint density at radius 2 is 0.481 bits per heavy atom. The first-order valence-electron chi connectivity index (χ1n) is 41.4. The summed E-state index contributed by atoms with van der Waals surface area (Å²) in [6, 6.07) is 0. The van der Waals surface area contributed by atoms with E-state index in [0.29, 0.717) is 25.7 Å². The molecule has 3 N–H and O–H groups in total. The highest BCUT2D eigenvalue weighted by Gasteiger charge is 2.30. The molecule has 0 heterocycles. The Labute approximate surface area is 654 Å². The summed E-state index contributed by atoms with van der Waals surface area (Å²) < 4.78 is 68.7. The molecule has 0 aliphatic heterocycles. The molecule has 0 radical (unpaired) electrons. The average molecular weight is 1550 g/mol. The maximum atomic E-state index is 13.1. The fourth-order valence-electron chi connectivity index (χ4n) is 10.5. The minimum atomic E-state index is -5.00. The summed E-state index contributed by atoms with van der Waals surface area (Å²) in [7, 11) is -10.0. The SMILES string of the molecule is CC/C=C\C/C=C\C/C=C\C/C=C\CCCCCCCCC(=O)OCC(COP(=O)(O)OCC(O)COP(=O)(O)OCC(COC(=O)CCCC/C=C\C/C=C\C/C=C\C/C=C\CC)OC(=O)CCCCCCC/C=C\C/C=C\C/C=C\CC)OC(=O)CCCCCCCC/C=C\C/C=C\C/C=C\CCCCC. The Kier molecular flexibility index (Phi) is 75.4. The summed E-state index contributed by atoms with van der Waals surface area (Å²) in [5.41, 5.74) is 0. The lowest BCUT2D eigenvalue weighted by molar-refractivity contribution is -0.161. The van der Waals surface area contributed by atoms with Crippen molar-refractivity contribution in [2.24, 2.45) is 0 Å². The van der Waals surface area contributed by atoms with E-state index < -0.39 is 97.5 Å². The van der Waals surface area contributed by atoms with Crippen molar-refractivity contribution >= 4 is 39.5 Å². The highest BCUT2D eigenvalue weighted by molar-refractivity contribution is 7.47. The molecule has 0 aromatic rings. The Bertz CT molecular complexity index is 2710. The number of aliphatic hydroxyl groups is 1. The highest BCUT2D eigenvalue weighted by Crippen LogP contribution is 2.45. The van der Waals surface area contributed by atoms with Gasteiger partial charge in [0.05, 0.1) is 26.4 Å². The lowest BCUT2D eigenvalue weighted by Crippen LogP contribution is -2.30. The van der Waals surface area contributed by atoms with Gasteiger partial charge in [0.2, 0.25) is 0 Å². The van der Waals surface area contributed by atoms with Crippen LogP contribution in [0.2, 0.25) is 0 Å². The third kappa shape index (κ3) is 78.5. The van der Waals surface area contributed by atoms with Gasteiger partial charge in [0, 0.05) is 25.7 Å². The van der Waals surface area contributed by atoms with Crippen molar-refractivity contribution in [1.29, 1.82) is 0 Å². The molecule has 19 heteroatoms. The highest BCUT2D eigenvalue weighted by atomic mass is 31.2. The van der Waals surface area contributed by atoms with Crippen LogP contribution < -0.4 is 0 Å². The maximum absolute atomic E-state index is 13.1. The number of allylic oxidation sites excluding steroid dienone is 28. The molecule has 0 saturated heterocycles. The van der Waals surface area contributed by atoms with Crippen molar-refractivity contribution in [3.05, 3.63) is 170 Å². The van der Waals surface area contributed by atoms with Crippen LogP contribution in [0.1, 0.15) is 310 Å². The van der Waals surface area contributed by atoms with Crippen molar-refractivity contribution in [3.63, 3.8) is 0 Å². The third-order valence-corrected chi connectivity index (χ3v) is 18.6. The molecule has 614 valence electrons. The molecule has 5 atom stereocenters. The molecule has 0 aliphatic rings. The van der Waals surface area contributed by atoms with Crippen LogP contribution in [0.5, 0.6) is 0 Å². The number of unbranched alkanes of at least 4 members (excludes halogenated alkanes) is 22. The number of hydrogen-bond acceptors (Lipinski definition) is 15. The number of carbonyl (C=O) groups is 4. The fraction of sp³-hybridized carbons (Fsp3) is 0.640. The standard InChI is InChI=1S/C89H146O17P2/c1-5-9-13-17-21-25-29-33-37-39-41-43-47-50-54-58-62-66-70-74-87(92)100-80-85(106-89(94)76-72-68-64-60-56-52-48-44-42-40-38-34-30-26-22-18-14-10-6-2)82-104-108(97,98)102-78-83(90)77-101-107(95,96)103-81-84(105-88(93)75-71-67-63-59-55-51-46-36-32-28-24-20-16-12-8-4)79-99-86(91)73-69-65-61-57-53-49-45-35-31-27-23-19-15-11-7-3/h9,11-13,15-16,21-28,33-38,41-46,53,57,83-85,90H,5-8,10,14,17-20,29-32,39-40,47-52,54-56,58-82H2,1-4H3,(H,95,96)(H,97,98)/b13-9-,15-11-,16-12-,25-21-,26-22-,27-23-,28-24-,37-33-,38-34-,43-41-,44-42-,45-35-,46-36-,57-53-. The lowest BCUT2D eigenvalue weighted by Gasteiger charge is -2.21. The van der Waals surface area contributed by atoms with Crippen LogP contribution in [0, 0.1) is 0 Å². The van der Waals surface area contributed by atoms with Crippen LogP contribution in [0.25, 0.3) is 0 Å². The second-order valence-electron chi connectivity index (χ2n) is 26.9. The molecule has 0 amide bonds. The van der Waals surface area contributed by atoms with Crippen molar-refractivity contribution in [1.82, 2.24) is 0 Å². The second kappa shape index (κ2) is 79.5. The lowest BCUT2D eigenvalue weighted by atomic mass is 10.1. The van der Waals surface area contributed by atoms with E-state index >= 15 is 0 Å². The summed E-state index contributed by atoms with van der Waals surface area (Å²) in [5.74, 6) is -2.28. The van der Waals surface area contributed by atoms with Crippen molar-refractivity contribution in [2.75, 3.05) is 39.6 Å². The minimum absolute atomic E-state index is 0.0603. The molecule has 0 saturated carbocycles. The minimum Gasteiger partial charge on any atom is -0.462 e. The van der Waals surface area contributed by atoms with Gasteiger partial charge in [-0.2, -0.15) is 0 Å². The molecule has 0 spiro atoms. The number of aliphatic hydroxyl groups excluding tert-OH is 1. The molecular formula is C89H146O17P2. The molecule has 0 bridgehead atoms. The Hall–Kier alpha value is -5.58. The number of hydrogen-bond donors (Lipinski definition) is 3. The first-order chi connectivity index (χ1) is 52.7. The molecule has 0 aliphatic carbocycles. The largest absolute Gasteiger partial charge is 0.472 e. The summed E-state index contributed by atoms with van der Waals surface area (Å²) in [5, 5.41) is 10.7. The van der Waals surface area contributed by atoms with Gasteiger partial charge in [0.25, 0.3) is 0 Å². The topological polar surface area (TPSA) is 237 Å². The van der Waals surface area contributed by atoms with Crippen molar-refractivity contribution in [3.8, 4) is 0 Å². The number of carbonyl (C=O) groups excluding carboxylic acids is 4. The fourth-order valence-corrected chi connectivity index (χ4v) is 12.0. The number of phosphoric acid groups is 2. The molecular weight excluding hydrogens is 1400 g/mol. The summed E-state index contributed by atoms with van der Waals surface area (Å²) >= 11 is 0. The molecule has 5 unspecified atom stereocenters. The van der Waals surface area contributed by atoms with Gasteiger partial charge < -0.3 is 33.8 Å². The smallest absolute Gasteiger partial charge is 0.462 e. The third-order valence-electron chi connectivity index (χ3n) is 16.7. The van der Waals surface area contributed by atoms with Gasteiger partial charge in [-0.05, 0) is 173 Å². The summed E-state index contributed by atoms with van der Waals surface area (Å²) in [6.07, 6.45) is 94.6. The zero-order chi connectivity index (χ0) is 78.9. The number of esters is 4. The van der Waals surface area contributed by atoms with E-state index in [0.717, 1.165) is 212 Å². The van der Waals surface area contributed by atoms with Gasteiger partial charge in [-0.25, -0.2) is 9.13 Å². The van der Waals surface area contributed by atoms with E-state index in [1.54, 1.807) is 0 Å². The number of ether oxygens (including phenoxy) is 4. The molecule has 0 aromatic carbocycles. The zero-order valence-corrected chi connectivity index (χ0v) is 69.0. The monoisotopic (exact) mass is 1550 g/mol. The zero-order valence-electron chi connectivity index (χ0n) is 67.2. The molecule has 0 rings (SSSR count).